The molecule has 1 aliphatic rings. The third kappa shape index (κ3) is 5.41. The number of carbonyl (C=O) groups excluding carboxylic acids is 1. The van der Waals surface area contributed by atoms with Crippen molar-refractivity contribution in [3.05, 3.63) is 99.4 Å². The lowest BCUT2D eigenvalue weighted by Gasteiger charge is -2.15. The second-order valence-electron chi connectivity index (χ2n) is 7.31. The highest BCUT2D eigenvalue weighted by molar-refractivity contribution is 8.18. The summed E-state index contributed by atoms with van der Waals surface area (Å²) in [5.74, 6) is 0.871. The number of halogens is 1. The predicted octanol–water partition coefficient (Wildman–Crippen LogP) is 6.03. The van der Waals surface area contributed by atoms with Crippen molar-refractivity contribution >= 4 is 40.5 Å². The Balaban J connectivity index is 1.67. The Labute approximate surface area is 202 Å². The molecule has 0 saturated carbocycles. The molecular formula is C26H23ClN2O3S. The maximum absolute atomic E-state index is 13.4. The fraction of sp³-hybridized carbons (Fsp3) is 0.154. The summed E-state index contributed by atoms with van der Waals surface area (Å²) in [6.45, 7) is 0.946. The number of benzene rings is 3. The molecule has 0 N–H and O–H groups in total. The van der Waals surface area contributed by atoms with Crippen LogP contribution in [0, 0.1) is 0 Å². The van der Waals surface area contributed by atoms with Gasteiger partial charge in [0.05, 0.1) is 37.2 Å². The van der Waals surface area contributed by atoms with E-state index < -0.39 is 0 Å². The van der Waals surface area contributed by atoms with Crippen LogP contribution in [0.4, 0.5) is 0 Å². The third-order valence-corrected chi connectivity index (χ3v) is 6.39. The number of methoxy groups -OCH3 is 2. The maximum atomic E-state index is 13.4. The largest absolute Gasteiger partial charge is 0.493 e. The molecule has 0 atom stereocenters. The molecule has 0 aromatic heterocycles. The van der Waals surface area contributed by atoms with Gasteiger partial charge < -0.3 is 9.47 Å². The number of ether oxygens (including phenoxy) is 2. The molecule has 3 aromatic carbocycles. The number of amides is 1. The van der Waals surface area contributed by atoms with Crippen LogP contribution < -0.4 is 9.47 Å². The van der Waals surface area contributed by atoms with Crippen LogP contribution in [-0.4, -0.2) is 30.2 Å². The molecule has 0 unspecified atom stereocenters. The van der Waals surface area contributed by atoms with Gasteiger partial charge in [-0.25, -0.2) is 0 Å². The first kappa shape index (κ1) is 23.0. The van der Waals surface area contributed by atoms with Crippen molar-refractivity contribution in [2.75, 3.05) is 14.2 Å². The van der Waals surface area contributed by atoms with Crippen LogP contribution in [-0.2, 0) is 17.9 Å². The number of hydrogen-bond acceptors (Lipinski definition) is 5. The van der Waals surface area contributed by atoms with Crippen molar-refractivity contribution in [3.63, 3.8) is 0 Å². The number of hydrogen-bond donors (Lipinski definition) is 0. The molecular weight excluding hydrogens is 456 g/mol. The quantitative estimate of drug-likeness (QED) is 0.389. The maximum Gasteiger partial charge on any atom is 0.267 e. The summed E-state index contributed by atoms with van der Waals surface area (Å²) >= 11 is 7.72. The Morgan fingerprint density at radius 2 is 1.64 bits per heavy atom. The number of carbonyl (C=O) groups is 1. The zero-order valence-electron chi connectivity index (χ0n) is 18.3. The van der Waals surface area contributed by atoms with Gasteiger partial charge in [0.25, 0.3) is 5.91 Å². The lowest BCUT2D eigenvalue weighted by Crippen LogP contribution is -2.28. The average molecular weight is 479 g/mol. The Bertz CT molecular complexity index is 1200. The Kier molecular flexibility index (Phi) is 7.37. The fourth-order valence-corrected chi connectivity index (χ4v) is 4.72. The van der Waals surface area contributed by atoms with Gasteiger partial charge in [-0.3, -0.25) is 14.7 Å². The molecule has 1 fully saturated rings. The molecule has 1 aliphatic heterocycles. The molecule has 0 aliphatic carbocycles. The van der Waals surface area contributed by atoms with Crippen molar-refractivity contribution in [2.24, 2.45) is 4.99 Å². The minimum Gasteiger partial charge on any atom is -0.493 e. The van der Waals surface area contributed by atoms with Gasteiger partial charge in [-0.1, -0.05) is 72.3 Å². The van der Waals surface area contributed by atoms with E-state index in [1.807, 2.05) is 66.7 Å². The first-order valence-corrected chi connectivity index (χ1v) is 11.5. The van der Waals surface area contributed by atoms with Crippen molar-refractivity contribution < 1.29 is 14.3 Å². The zero-order valence-corrected chi connectivity index (χ0v) is 19.9. The van der Waals surface area contributed by atoms with E-state index in [4.69, 9.17) is 26.1 Å². The highest BCUT2D eigenvalue weighted by atomic mass is 35.5. The smallest absolute Gasteiger partial charge is 0.267 e. The summed E-state index contributed by atoms with van der Waals surface area (Å²) in [6, 6.07) is 23.4. The summed E-state index contributed by atoms with van der Waals surface area (Å²) < 4.78 is 10.7. The zero-order chi connectivity index (χ0) is 23.2. The predicted molar refractivity (Wildman–Crippen MR) is 135 cm³/mol. The molecule has 1 heterocycles. The average Bonchev–Trinajstić information content (AvgIpc) is 3.12. The fourth-order valence-electron chi connectivity index (χ4n) is 3.45. The van der Waals surface area contributed by atoms with E-state index in [9.17, 15) is 4.79 Å². The van der Waals surface area contributed by atoms with Gasteiger partial charge in [0.2, 0.25) is 0 Å². The van der Waals surface area contributed by atoms with Crippen LogP contribution in [0.15, 0.2) is 82.7 Å². The van der Waals surface area contributed by atoms with Crippen LogP contribution >= 0.6 is 23.4 Å². The summed E-state index contributed by atoms with van der Waals surface area (Å²) in [5, 5.41) is 1.09. The number of rotatable bonds is 7. The highest BCUT2D eigenvalue weighted by Crippen LogP contribution is 2.39. The molecule has 3 aromatic rings. The summed E-state index contributed by atoms with van der Waals surface area (Å²) in [4.78, 5) is 20.4. The van der Waals surface area contributed by atoms with Crippen LogP contribution in [0.3, 0.4) is 0 Å². The SMILES string of the molecule is COc1cc(/C=C2/SC(=NCc3ccccc3)N(Cc3ccccc3)C2=O)cc(Cl)c1OC. The molecule has 0 radical (unpaired) electrons. The van der Waals surface area contributed by atoms with Crippen LogP contribution in [0.25, 0.3) is 6.08 Å². The van der Waals surface area contributed by atoms with Gasteiger partial charge in [0.1, 0.15) is 0 Å². The minimum absolute atomic E-state index is 0.0958. The van der Waals surface area contributed by atoms with E-state index in [1.165, 1.54) is 18.9 Å². The van der Waals surface area contributed by atoms with Gasteiger partial charge in [-0.2, -0.15) is 0 Å². The van der Waals surface area contributed by atoms with Crippen molar-refractivity contribution in [2.45, 2.75) is 13.1 Å². The highest BCUT2D eigenvalue weighted by Gasteiger charge is 2.33. The number of thioether (sulfide) groups is 1. The van der Waals surface area contributed by atoms with E-state index >= 15 is 0 Å². The molecule has 1 amide bonds. The minimum atomic E-state index is -0.0958. The van der Waals surface area contributed by atoms with Gasteiger partial charge in [-0.05, 0) is 46.7 Å². The van der Waals surface area contributed by atoms with Gasteiger partial charge >= 0.3 is 0 Å². The van der Waals surface area contributed by atoms with Crippen LogP contribution in [0.2, 0.25) is 5.02 Å². The Morgan fingerprint density at radius 3 is 2.27 bits per heavy atom. The number of aliphatic imine (C=N–C) groups is 1. The molecule has 0 bridgehead atoms. The topological polar surface area (TPSA) is 51.1 Å². The monoisotopic (exact) mass is 478 g/mol. The molecule has 4 rings (SSSR count). The third-order valence-electron chi connectivity index (χ3n) is 5.06. The molecule has 0 spiro atoms. The van der Waals surface area contributed by atoms with Crippen molar-refractivity contribution in [3.8, 4) is 11.5 Å². The Morgan fingerprint density at radius 1 is 0.970 bits per heavy atom. The van der Waals surface area contributed by atoms with E-state index in [0.717, 1.165) is 16.7 Å². The van der Waals surface area contributed by atoms with Crippen LogP contribution in [0.5, 0.6) is 11.5 Å². The lowest BCUT2D eigenvalue weighted by molar-refractivity contribution is -0.122. The normalized spacial score (nSPS) is 16.0. The molecule has 33 heavy (non-hydrogen) atoms. The lowest BCUT2D eigenvalue weighted by atomic mass is 10.1. The van der Waals surface area contributed by atoms with E-state index in [2.05, 4.69) is 0 Å². The summed E-state index contributed by atoms with van der Waals surface area (Å²) in [7, 11) is 3.09. The van der Waals surface area contributed by atoms with Crippen LogP contribution in [0.1, 0.15) is 16.7 Å². The number of amidine groups is 1. The second kappa shape index (κ2) is 10.6. The van der Waals surface area contributed by atoms with Gasteiger partial charge in [0, 0.05) is 0 Å². The van der Waals surface area contributed by atoms with Crippen molar-refractivity contribution in [1.82, 2.24) is 4.90 Å². The second-order valence-corrected chi connectivity index (χ2v) is 8.73. The first-order valence-electron chi connectivity index (χ1n) is 10.3. The van der Waals surface area contributed by atoms with E-state index in [1.54, 1.807) is 24.1 Å². The van der Waals surface area contributed by atoms with Gasteiger partial charge in [0.15, 0.2) is 16.7 Å². The first-order chi connectivity index (χ1) is 16.1. The van der Waals surface area contributed by atoms with E-state index in [0.29, 0.717) is 39.7 Å². The van der Waals surface area contributed by atoms with Crippen molar-refractivity contribution in [1.29, 1.82) is 0 Å². The summed E-state index contributed by atoms with van der Waals surface area (Å²) in [6.07, 6.45) is 1.81. The standard InChI is InChI=1S/C26H23ClN2O3S/c1-31-22-14-20(13-21(27)24(22)32-2)15-23-25(30)29(17-19-11-7-4-8-12-19)26(33-23)28-16-18-9-5-3-6-10-18/h3-15H,16-17H2,1-2H3/b23-15+,28-26?. The summed E-state index contributed by atoms with van der Waals surface area (Å²) in [5.41, 5.74) is 2.87. The van der Waals surface area contributed by atoms with Gasteiger partial charge in [-0.15, -0.1) is 0 Å². The molecule has 7 heteroatoms. The number of nitrogens with zero attached hydrogens (tertiary/aromatic N) is 2. The van der Waals surface area contributed by atoms with E-state index in [-0.39, 0.29) is 5.91 Å². The molecule has 168 valence electrons. The molecule has 1 saturated heterocycles. The molecule has 5 nitrogen and oxygen atoms in total. The Hall–Kier alpha value is -3.22.